The fourth-order valence-electron chi connectivity index (χ4n) is 3.54. The Morgan fingerprint density at radius 2 is 1.90 bits per heavy atom. The number of nitrogens with two attached hydrogens (primary N) is 1. The second-order valence-electron chi connectivity index (χ2n) is 7.70. The molecule has 0 aromatic heterocycles. The summed E-state index contributed by atoms with van der Waals surface area (Å²) in [6.07, 6.45) is 3.22. The summed E-state index contributed by atoms with van der Waals surface area (Å²) in [5, 5.41) is 3.14. The van der Waals surface area contributed by atoms with Crippen molar-refractivity contribution in [2.24, 2.45) is 10.7 Å². The molecule has 2 aromatic carbocycles. The fraction of sp³-hybridized carbons (Fsp3) is 0.458. The highest BCUT2D eigenvalue weighted by Crippen LogP contribution is 2.16. The van der Waals surface area contributed by atoms with E-state index in [9.17, 15) is 0 Å². The Hall–Kier alpha value is -1.84. The molecular formula is C24H35IN4O2. The van der Waals surface area contributed by atoms with Gasteiger partial charge < -0.3 is 20.5 Å². The summed E-state index contributed by atoms with van der Waals surface area (Å²) in [5.41, 5.74) is 9.35. The summed E-state index contributed by atoms with van der Waals surface area (Å²) in [5.74, 6) is 1.27. The summed E-state index contributed by atoms with van der Waals surface area (Å²) in [6.45, 7) is 5.94. The highest BCUT2D eigenvalue weighted by molar-refractivity contribution is 14.0. The van der Waals surface area contributed by atoms with Crippen molar-refractivity contribution in [1.29, 1.82) is 0 Å². The first-order valence-corrected chi connectivity index (χ1v) is 10.8. The number of rotatable bonds is 9. The third kappa shape index (κ3) is 8.66. The number of benzene rings is 2. The van der Waals surface area contributed by atoms with Gasteiger partial charge in [-0.05, 0) is 61.7 Å². The van der Waals surface area contributed by atoms with Gasteiger partial charge in [0.15, 0.2) is 5.96 Å². The van der Waals surface area contributed by atoms with Gasteiger partial charge >= 0.3 is 0 Å². The number of nitrogens with zero attached hydrogens (tertiary/aromatic N) is 2. The van der Waals surface area contributed by atoms with Crippen molar-refractivity contribution < 1.29 is 9.47 Å². The third-order valence-corrected chi connectivity index (χ3v) is 5.49. The monoisotopic (exact) mass is 538 g/mol. The zero-order valence-corrected chi connectivity index (χ0v) is 20.9. The van der Waals surface area contributed by atoms with Gasteiger partial charge in [0.1, 0.15) is 12.4 Å². The molecule has 3 rings (SSSR count). The average molecular weight is 538 g/mol. The second kappa shape index (κ2) is 13.5. The van der Waals surface area contributed by atoms with Gasteiger partial charge in [0.25, 0.3) is 0 Å². The van der Waals surface area contributed by atoms with Gasteiger partial charge in [-0.2, -0.15) is 0 Å². The Bertz CT molecular complexity index is 807. The largest absolute Gasteiger partial charge is 0.492 e. The van der Waals surface area contributed by atoms with Crippen LogP contribution in [-0.4, -0.2) is 50.3 Å². The van der Waals surface area contributed by atoms with Crippen LogP contribution in [0.5, 0.6) is 5.75 Å². The van der Waals surface area contributed by atoms with Gasteiger partial charge in [-0.1, -0.05) is 31.2 Å². The van der Waals surface area contributed by atoms with Crippen LogP contribution in [-0.2, 0) is 17.7 Å². The molecule has 2 aromatic rings. The van der Waals surface area contributed by atoms with Gasteiger partial charge in [-0.25, -0.2) is 4.99 Å². The van der Waals surface area contributed by atoms with Crippen LogP contribution >= 0.6 is 24.0 Å². The summed E-state index contributed by atoms with van der Waals surface area (Å²) in [6, 6.07) is 16.9. The first-order valence-electron chi connectivity index (χ1n) is 10.8. The van der Waals surface area contributed by atoms with E-state index in [1.54, 1.807) is 0 Å². The van der Waals surface area contributed by atoms with Crippen LogP contribution in [0.1, 0.15) is 30.9 Å². The quantitative estimate of drug-likeness (QED) is 0.283. The van der Waals surface area contributed by atoms with Gasteiger partial charge in [0.2, 0.25) is 0 Å². The number of ether oxygens (including phenoxy) is 2. The van der Waals surface area contributed by atoms with E-state index in [2.05, 4.69) is 41.3 Å². The van der Waals surface area contributed by atoms with E-state index in [1.807, 2.05) is 36.4 Å². The summed E-state index contributed by atoms with van der Waals surface area (Å²) < 4.78 is 11.4. The number of aliphatic imine (C=N–C) groups is 1. The Balaban J connectivity index is 0.00000341. The molecule has 0 saturated carbocycles. The number of hydrogen-bond acceptors (Lipinski definition) is 4. The maximum Gasteiger partial charge on any atom is 0.193 e. The van der Waals surface area contributed by atoms with Gasteiger partial charge in [-0.15, -0.1) is 24.0 Å². The minimum Gasteiger partial charge on any atom is -0.492 e. The lowest BCUT2D eigenvalue weighted by Gasteiger charge is -2.31. The van der Waals surface area contributed by atoms with E-state index in [4.69, 9.17) is 15.2 Å². The van der Waals surface area contributed by atoms with E-state index in [-0.39, 0.29) is 24.0 Å². The smallest absolute Gasteiger partial charge is 0.193 e. The molecule has 7 heteroatoms. The lowest BCUT2D eigenvalue weighted by Crippen LogP contribution is -2.38. The van der Waals surface area contributed by atoms with Gasteiger partial charge in [0, 0.05) is 31.5 Å². The zero-order chi connectivity index (χ0) is 21.2. The SMILES string of the molecule is CCc1ccc(NC(N)=NCc2cccc(OCCN(C)C3CCOCC3)c2)cc1.I. The summed E-state index contributed by atoms with van der Waals surface area (Å²) >= 11 is 0. The Morgan fingerprint density at radius 3 is 2.61 bits per heavy atom. The van der Waals surface area contributed by atoms with E-state index >= 15 is 0 Å². The van der Waals surface area contributed by atoms with Crippen LogP contribution in [0.25, 0.3) is 0 Å². The topological polar surface area (TPSA) is 72.1 Å². The number of aryl methyl sites for hydroxylation is 1. The third-order valence-electron chi connectivity index (χ3n) is 5.49. The number of nitrogens with one attached hydrogen (secondary N) is 1. The van der Waals surface area contributed by atoms with Crippen molar-refractivity contribution in [2.75, 3.05) is 38.7 Å². The van der Waals surface area contributed by atoms with Crippen molar-refractivity contribution in [3.63, 3.8) is 0 Å². The van der Waals surface area contributed by atoms with Crippen molar-refractivity contribution >= 4 is 35.6 Å². The number of likely N-dealkylation sites (N-methyl/N-ethyl adjacent to an activating group) is 1. The van der Waals surface area contributed by atoms with Crippen LogP contribution in [0.4, 0.5) is 5.69 Å². The molecule has 170 valence electrons. The van der Waals surface area contributed by atoms with Crippen LogP contribution in [0.15, 0.2) is 53.5 Å². The number of halogens is 1. The predicted molar refractivity (Wildman–Crippen MR) is 139 cm³/mol. The van der Waals surface area contributed by atoms with Crippen molar-refractivity contribution in [3.05, 3.63) is 59.7 Å². The second-order valence-corrected chi connectivity index (χ2v) is 7.70. The standard InChI is InChI=1S/C24H34N4O2.HI/c1-3-19-7-9-21(10-8-19)27-24(25)26-18-20-5-4-6-23(17-20)30-16-13-28(2)22-11-14-29-15-12-22;/h4-10,17,22H,3,11-16,18H2,1-2H3,(H3,25,26,27);1H. The van der Waals surface area contributed by atoms with Crippen LogP contribution in [0, 0.1) is 0 Å². The van der Waals surface area contributed by atoms with E-state index in [0.717, 1.165) is 56.0 Å². The van der Waals surface area contributed by atoms with Gasteiger partial charge in [0.05, 0.1) is 6.54 Å². The highest BCUT2D eigenvalue weighted by atomic mass is 127. The van der Waals surface area contributed by atoms with E-state index < -0.39 is 0 Å². The molecule has 6 nitrogen and oxygen atoms in total. The van der Waals surface area contributed by atoms with Crippen molar-refractivity contribution in [2.45, 2.75) is 38.8 Å². The minimum absolute atomic E-state index is 0. The number of anilines is 1. The fourth-order valence-corrected chi connectivity index (χ4v) is 3.54. The normalized spacial score (nSPS) is 14.9. The molecule has 3 N–H and O–H groups in total. The van der Waals surface area contributed by atoms with Gasteiger partial charge in [-0.3, -0.25) is 4.90 Å². The first kappa shape index (κ1) is 25.4. The molecular weight excluding hydrogens is 503 g/mol. The highest BCUT2D eigenvalue weighted by Gasteiger charge is 2.17. The van der Waals surface area contributed by atoms with E-state index in [0.29, 0.717) is 25.2 Å². The van der Waals surface area contributed by atoms with E-state index in [1.165, 1.54) is 5.56 Å². The molecule has 0 bridgehead atoms. The summed E-state index contributed by atoms with van der Waals surface area (Å²) in [7, 11) is 2.16. The van der Waals surface area contributed by atoms with Crippen molar-refractivity contribution in [1.82, 2.24) is 4.90 Å². The van der Waals surface area contributed by atoms with Crippen LogP contribution < -0.4 is 15.8 Å². The molecule has 0 amide bonds. The Morgan fingerprint density at radius 1 is 1.16 bits per heavy atom. The molecule has 31 heavy (non-hydrogen) atoms. The lowest BCUT2D eigenvalue weighted by atomic mass is 10.1. The molecule has 1 fully saturated rings. The Kier molecular flexibility index (Phi) is 11.1. The van der Waals surface area contributed by atoms with Crippen LogP contribution in [0.3, 0.4) is 0 Å². The first-order chi connectivity index (χ1) is 14.6. The van der Waals surface area contributed by atoms with Crippen molar-refractivity contribution in [3.8, 4) is 5.75 Å². The maximum absolute atomic E-state index is 6.04. The maximum atomic E-state index is 6.04. The molecule has 1 aliphatic rings. The zero-order valence-electron chi connectivity index (χ0n) is 18.5. The number of hydrogen-bond donors (Lipinski definition) is 2. The Labute approximate surface area is 203 Å². The molecule has 0 atom stereocenters. The molecule has 1 heterocycles. The predicted octanol–water partition coefficient (Wildman–Crippen LogP) is 4.28. The molecule has 0 radical (unpaired) electrons. The molecule has 1 aliphatic heterocycles. The molecule has 0 spiro atoms. The average Bonchev–Trinajstić information content (AvgIpc) is 2.79. The lowest BCUT2D eigenvalue weighted by molar-refractivity contribution is 0.0392. The number of guanidine groups is 1. The van der Waals surface area contributed by atoms with Crippen LogP contribution in [0.2, 0.25) is 0 Å². The minimum atomic E-state index is 0. The molecule has 0 aliphatic carbocycles. The summed E-state index contributed by atoms with van der Waals surface area (Å²) in [4.78, 5) is 6.82. The molecule has 1 saturated heterocycles. The molecule has 0 unspecified atom stereocenters.